The molecule has 0 radical (unpaired) electrons. The van der Waals surface area contributed by atoms with Gasteiger partial charge in [-0.05, 0) is 41.7 Å². The van der Waals surface area contributed by atoms with E-state index >= 15 is 0 Å². The Morgan fingerprint density at radius 1 is 1.28 bits per heavy atom. The maximum atomic E-state index is 13.5. The summed E-state index contributed by atoms with van der Waals surface area (Å²) in [6, 6.07) is 14.1. The maximum absolute atomic E-state index is 13.5. The fraction of sp³-hybridized carbons (Fsp3) is 0.381. The average molecular weight is 340 g/mol. The molecule has 0 spiro atoms. The summed E-state index contributed by atoms with van der Waals surface area (Å²) in [6.45, 7) is 4.38. The Morgan fingerprint density at radius 3 is 2.80 bits per heavy atom. The molecule has 0 saturated heterocycles. The molecule has 3 N–H and O–H groups in total. The molecule has 0 saturated carbocycles. The van der Waals surface area contributed by atoms with Gasteiger partial charge in [0.15, 0.2) is 0 Å². The predicted octanol–water partition coefficient (Wildman–Crippen LogP) is 3.28. The number of amides is 1. The van der Waals surface area contributed by atoms with Crippen LogP contribution in [-0.4, -0.2) is 18.5 Å². The largest absolute Gasteiger partial charge is 0.354 e. The molecular weight excluding hydrogens is 315 g/mol. The molecule has 1 aliphatic rings. The zero-order valence-electron chi connectivity index (χ0n) is 14.8. The number of aryl methyl sites for hydroxylation is 1. The molecule has 0 heterocycles. The quantitative estimate of drug-likeness (QED) is 0.878. The van der Waals surface area contributed by atoms with Crippen molar-refractivity contribution in [3.05, 3.63) is 71.0 Å². The minimum Gasteiger partial charge on any atom is -0.354 e. The van der Waals surface area contributed by atoms with Crippen LogP contribution in [0, 0.1) is 5.82 Å². The van der Waals surface area contributed by atoms with Crippen LogP contribution in [0.1, 0.15) is 42.9 Å². The van der Waals surface area contributed by atoms with Crippen LogP contribution in [-0.2, 0) is 16.6 Å². The van der Waals surface area contributed by atoms with E-state index in [0.29, 0.717) is 6.54 Å². The first-order valence-corrected chi connectivity index (χ1v) is 8.75. The number of hydrogen-bond donors (Lipinski definition) is 2. The summed E-state index contributed by atoms with van der Waals surface area (Å²) < 4.78 is 13.5. The highest BCUT2D eigenvalue weighted by molar-refractivity contribution is 5.83. The number of carbonyl (C=O) groups is 1. The molecule has 0 fully saturated rings. The first kappa shape index (κ1) is 17.6. The van der Waals surface area contributed by atoms with Gasteiger partial charge in [0.05, 0.1) is 6.04 Å². The van der Waals surface area contributed by atoms with Crippen molar-refractivity contribution >= 4 is 5.91 Å². The summed E-state index contributed by atoms with van der Waals surface area (Å²) in [5.74, 6) is -0.351. The van der Waals surface area contributed by atoms with Gasteiger partial charge < -0.3 is 11.1 Å². The second-order valence-electron chi connectivity index (χ2n) is 7.48. The lowest BCUT2D eigenvalue weighted by Gasteiger charge is -2.27. The highest BCUT2D eigenvalue weighted by Crippen LogP contribution is 2.34. The number of rotatable bonds is 5. The number of fused-ring (bicyclic) bond motifs is 1. The van der Waals surface area contributed by atoms with E-state index in [9.17, 15) is 9.18 Å². The maximum Gasteiger partial charge on any atom is 0.237 e. The summed E-state index contributed by atoms with van der Waals surface area (Å²) in [7, 11) is 0. The number of nitrogens with one attached hydrogen (secondary N) is 1. The number of hydrogen-bond acceptors (Lipinski definition) is 2. The van der Waals surface area contributed by atoms with Crippen molar-refractivity contribution in [1.29, 1.82) is 0 Å². The van der Waals surface area contributed by atoms with Gasteiger partial charge in [0.1, 0.15) is 5.82 Å². The lowest BCUT2D eigenvalue weighted by Crippen LogP contribution is -2.47. The topological polar surface area (TPSA) is 55.1 Å². The third-order valence-corrected chi connectivity index (χ3v) is 5.23. The summed E-state index contributed by atoms with van der Waals surface area (Å²) in [4.78, 5) is 12.6. The number of benzene rings is 2. The van der Waals surface area contributed by atoms with Crippen LogP contribution < -0.4 is 11.1 Å². The highest BCUT2D eigenvalue weighted by Gasteiger charge is 2.32. The van der Waals surface area contributed by atoms with Crippen LogP contribution in [0.3, 0.4) is 0 Å². The van der Waals surface area contributed by atoms with Gasteiger partial charge in [-0.1, -0.05) is 50.2 Å². The van der Waals surface area contributed by atoms with E-state index in [-0.39, 0.29) is 23.1 Å². The van der Waals surface area contributed by atoms with Crippen LogP contribution in [0.25, 0.3) is 0 Å². The fourth-order valence-corrected chi connectivity index (χ4v) is 3.58. The fourth-order valence-electron chi connectivity index (χ4n) is 3.58. The molecule has 25 heavy (non-hydrogen) atoms. The van der Waals surface area contributed by atoms with E-state index < -0.39 is 6.04 Å². The lowest BCUT2D eigenvalue weighted by molar-refractivity contribution is -0.123. The molecular formula is C21H25FN2O. The zero-order valence-corrected chi connectivity index (χ0v) is 14.8. The van der Waals surface area contributed by atoms with Crippen LogP contribution in [0.4, 0.5) is 4.39 Å². The molecule has 2 aromatic rings. The van der Waals surface area contributed by atoms with Gasteiger partial charge in [0.25, 0.3) is 0 Å². The van der Waals surface area contributed by atoms with Gasteiger partial charge in [-0.25, -0.2) is 4.39 Å². The standard InChI is InChI=1S/C21H25FN2O/c1-21(2,15-7-5-8-16(22)12-15)13-24-20(25)19(23)18-11-10-14-6-3-4-9-17(14)18/h3-9,12,18-19H,10-11,13,23H2,1-2H3,(H,24,25). The van der Waals surface area contributed by atoms with Gasteiger partial charge in [0.2, 0.25) is 5.91 Å². The van der Waals surface area contributed by atoms with Gasteiger partial charge in [-0.15, -0.1) is 0 Å². The molecule has 2 atom stereocenters. The van der Waals surface area contributed by atoms with E-state index in [1.165, 1.54) is 23.3 Å². The third kappa shape index (κ3) is 3.74. The SMILES string of the molecule is CC(C)(CNC(=O)C(N)C1CCc2ccccc21)c1cccc(F)c1. The molecule has 1 amide bonds. The van der Waals surface area contributed by atoms with Crippen LogP contribution >= 0.6 is 0 Å². The van der Waals surface area contributed by atoms with Gasteiger partial charge in [-0.3, -0.25) is 4.79 Å². The normalized spacial score (nSPS) is 17.8. The monoisotopic (exact) mass is 340 g/mol. The molecule has 3 rings (SSSR count). The van der Waals surface area contributed by atoms with Gasteiger partial charge in [-0.2, -0.15) is 0 Å². The van der Waals surface area contributed by atoms with Crippen molar-refractivity contribution in [2.24, 2.45) is 5.73 Å². The molecule has 132 valence electrons. The smallest absolute Gasteiger partial charge is 0.237 e. The van der Waals surface area contributed by atoms with E-state index in [4.69, 9.17) is 5.73 Å². The highest BCUT2D eigenvalue weighted by atomic mass is 19.1. The van der Waals surface area contributed by atoms with Crippen molar-refractivity contribution in [2.45, 2.75) is 44.1 Å². The molecule has 3 nitrogen and oxygen atoms in total. The first-order chi connectivity index (χ1) is 11.9. The Hall–Kier alpha value is -2.20. The van der Waals surface area contributed by atoms with Crippen molar-refractivity contribution in [3.8, 4) is 0 Å². The molecule has 2 aromatic carbocycles. The summed E-state index contributed by atoms with van der Waals surface area (Å²) in [5, 5.41) is 2.96. The Bertz CT molecular complexity index is 772. The van der Waals surface area contributed by atoms with Gasteiger partial charge >= 0.3 is 0 Å². The summed E-state index contributed by atoms with van der Waals surface area (Å²) in [5.41, 5.74) is 9.22. The number of nitrogens with two attached hydrogens (primary N) is 1. The van der Waals surface area contributed by atoms with Crippen molar-refractivity contribution < 1.29 is 9.18 Å². The first-order valence-electron chi connectivity index (χ1n) is 8.75. The Labute approximate surface area is 148 Å². The number of halogens is 1. The van der Waals surface area contributed by atoms with Crippen molar-refractivity contribution in [1.82, 2.24) is 5.32 Å². The van der Waals surface area contributed by atoms with Crippen molar-refractivity contribution in [3.63, 3.8) is 0 Å². The summed E-state index contributed by atoms with van der Waals surface area (Å²) >= 11 is 0. The zero-order chi connectivity index (χ0) is 18.0. The van der Waals surface area contributed by atoms with E-state index in [1.54, 1.807) is 6.07 Å². The predicted molar refractivity (Wildman–Crippen MR) is 97.9 cm³/mol. The van der Waals surface area contributed by atoms with Crippen LogP contribution in [0.15, 0.2) is 48.5 Å². The van der Waals surface area contributed by atoms with Crippen LogP contribution in [0.5, 0.6) is 0 Å². The molecule has 4 heteroatoms. The minimum absolute atomic E-state index is 0.0634. The molecule has 1 aliphatic carbocycles. The van der Waals surface area contributed by atoms with Crippen LogP contribution in [0.2, 0.25) is 0 Å². The van der Waals surface area contributed by atoms with Crippen molar-refractivity contribution in [2.75, 3.05) is 6.54 Å². The molecule has 0 bridgehead atoms. The summed E-state index contributed by atoms with van der Waals surface area (Å²) in [6.07, 6.45) is 1.87. The van der Waals surface area contributed by atoms with Gasteiger partial charge in [0, 0.05) is 17.9 Å². The van der Waals surface area contributed by atoms with E-state index in [2.05, 4.69) is 17.4 Å². The average Bonchev–Trinajstić information content (AvgIpc) is 3.03. The molecule has 2 unspecified atom stereocenters. The Morgan fingerprint density at radius 2 is 2.04 bits per heavy atom. The molecule has 0 aliphatic heterocycles. The Kier molecular flexibility index (Phi) is 4.91. The van der Waals surface area contributed by atoms with E-state index in [1.807, 2.05) is 32.0 Å². The van der Waals surface area contributed by atoms with E-state index in [0.717, 1.165) is 18.4 Å². The Balaban J connectivity index is 1.64. The molecule has 0 aromatic heterocycles. The second kappa shape index (κ2) is 6.96. The second-order valence-corrected chi connectivity index (χ2v) is 7.48. The minimum atomic E-state index is -0.563. The third-order valence-electron chi connectivity index (χ3n) is 5.23. The lowest BCUT2D eigenvalue weighted by atomic mass is 9.84. The number of carbonyl (C=O) groups excluding carboxylic acids is 1.